The third-order valence-corrected chi connectivity index (χ3v) is 4.04. The van der Waals surface area contributed by atoms with Crippen LogP contribution in [0.25, 0.3) is 0 Å². The Morgan fingerprint density at radius 3 is 2.42 bits per heavy atom. The van der Waals surface area contributed by atoms with Crippen LogP contribution in [0.5, 0.6) is 11.5 Å². The molecule has 24 heavy (non-hydrogen) atoms. The van der Waals surface area contributed by atoms with E-state index in [9.17, 15) is 9.59 Å². The number of rotatable bonds is 6. The summed E-state index contributed by atoms with van der Waals surface area (Å²) in [6.45, 7) is 1.56. The van der Waals surface area contributed by atoms with Crippen molar-refractivity contribution in [3.05, 3.63) is 51.4 Å². The van der Waals surface area contributed by atoms with Gasteiger partial charge in [0, 0.05) is 16.6 Å². The molecule has 7 heteroatoms. The van der Waals surface area contributed by atoms with E-state index in [1.807, 2.05) is 12.1 Å². The fourth-order valence-electron chi connectivity index (χ4n) is 1.75. The molecule has 0 aliphatic rings. The van der Waals surface area contributed by atoms with Crippen molar-refractivity contribution in [2.75, 3.05) is 11.9 Å². The Hall–Kier alpha value is -1.86. The van der Waals surface area contributed by atoms with Crippen molar-refractivity contribution in [3.63, 3.8) is 0 Å². The van der Waals surface area contributed by atoms with Gasteiger partial charge in [-0.3, -0.25) is 4.79 Å². The predicted molar refractivity (Wildman–Crippen MR) is 98.3 cm³/mol. The first kappa shape index (κ1) is 18.5. The average Bonchev–Trinajstić information content (AvgIpc) is 2.55. The second-order valence-corrected chi connectivity index (χ2v) is 6.53. The molecule has 0 saturated heterocycles. The van der Waals surface area contributed by atoms with Crippen molar-refractivity contribution in [1.29, 1.82) is 0 Å². The number of ether oxygens (including phenoxy) is 2. The molecule has 2 aromatic rings. The van der Waals surface area contributed by atoms with Gasteiger partial charge in [-0.25, -0.2) is 4.79 Å². The van der Waals surface area contributed by atoms with E-state index in [2.05, 4.69) is 37.2 Å². The molecule has 1 N–H and O–H groups in total. The standard InChI is InChI=1S/C17H15Br2NO4/c1-2-16(21)20-12-4-6-13(7-5-12)24-17(22)10-23-15-8-3-11(18)9-14(15)19/h3-9H,2,10H2,1H3,(H,20,21). The summed E-state index contributed by atoms with van der Waals surface area (Å²) in [6, 6.07) is 11.9. The number of benzene rings is 2. The molecule has 0 fully saturated rings. The van der Waals surface area contributed by atoms with Gasteiger partial charge in [0.25, 0.3) is 0 Å². The molecule has 0 unspecified atom stereocenters. The highest BCUT2D eigenvalue weighted by Gasteiger charge is 2.09. The summed E-state index contributed by atoms with van der Waals surface area (Å²) in [5, 5.41) is 2.72. The second kappa shape index (κ2) is 8.84. The van der Waals surface area contributed by atoms with Gasteiger partial charge in [-0.15, -0.1) is 0 Å². The lowest BCUT2D eigenvalue weighted by Crippen LogP contribution is -2.17. The zero-order valence-corrected chi connectivity index (χ0v) is 16.0. The van der Waals surface area contributed by atoms with Gasteiger partial charge in [0.2, 0.25) is 5.91 Å². The van der Waals surface area contributed by atoms with Crippen LogP contribution in [0.15, 0.2) is 51.4 Å². The summed E-state index contributed by atoms with van der Waals surface area (Å²) in [6.07, 6.45) is 0.402. The fraction of sp³-hybridized carbons (Fsp3) is 0.176. The van der Waals surface area contributed by atoms with E-state index in [4.69, 9.17) is 9.47 Å². The highest BCUT2D eigenvalue weighted by Crippen LogP contribution is 2.28. The maximum absolute atomic E-state index is 11.8. The van der Waals surface area contributed by atoms with Crippen LogP contribution in [0, 0.1) is 0 Å². The lowest BCUT2D eigenvalue weighted by Gasteiger charge is -2.09. The van der Waals surface area contributed by atoms with Gasteiger partial charge in [-0.05, 0) is 58.4 Å². The molecular formula is C17H15Br2NO4. The largest absolute Gasteiger partial charge is 0.481 e. The van der Waals surface area contributed by atoms with Crippen molar-refractivity contribution in [2.45, 2.75) is 13.3 Å². The minimum Gasteiger partial charge on any atom is -0.481 e. The number of carbonyl (C=O) groups excluding carboxylic acids is 2. The molecule has 0 radical (unpaired) electrons. The molecule has 5 nitrogen and oxygen atoms in total. The van der Waals surface area contributed by atoms with Gasteiger partial charge in [0.15, 0.2) is 6.61 Å². The highest BCUT2D eigenvalue weighted by molar-refractivity contribution is 9.11. The smallest absolute Gasteiger partial charge is 0.349 e. The van der Waals surface area contributed by atoms with Crippen molar-refractivity contribution in [3.8, 4) is 11.5 Å². The molecule has 0 saturated carbocycles. The number of hydrogen-bond donors (Lipinski definition) is 1. The van der Waals surface area contributed by atoms with Crippen LogP contribution in [0.1, 0.15) is 13.3 Å². The van der Waals surface area contributed by atoms with Crippen LogP contribution in [0.2, 0.25) is 0 Å². The molecule has 126 valence electrons. The van der Waals surface area contributed by atoms with E-state index in [1.165, 1.54) is 0 Å². The highest BCUT2D eigenvalue weighted by atomic mass is 79.9. The van der Waals surface area contributed by atoms with E-state index < -0.39 is 5.97 Å². The van der Waals surface area contributed by atoms with E-state index in [0.717, 1.165) is 8.95 Å². The average molecular weight is 457 g/mol. The number of carbonyl (C=O) groups is 2. The van der Waals surface area contributed by atoms with Gasteiger partial charge in [-0.2, -0.15) is 0 Å². The Bertz CT molecular complexity index is 732. The number of anilines is 1. The number of hydrogen-bond acceptors (Lipinski definition) is 4. The third kappa shape index (κ3) is 5.65. The first-order valence-electron chi connectivity index (χ1n) is 7.16. The number of nitrogens with one attached hydrogen (secondary N) is 1. The van der Waals surface area contributed by atoms with Crippen LogP contribution in [-0.2, 0) is 9.59 Å². The Morgan fingerprint density at radius 2 is 1.79 bits per heavy atom. The summed E-state index contributed by atoms with van der Waals surface area (Å²) in [5.74, 6) is 0.337. The SMILES string of the molecule is CCC(=O)Nc1ccc(OC(=O)COc2ccc(Br)cc2Br)cc1. The van der Waals surface area contributed by atoms with Crippen LogP contribution in [0.4, 0.5) is 5.69 Å². The molecular weight excluding hydrogens is 442 g/mol. The van der Waals surface area contributed by atoms with E-state index in [-0.39, 0.29) is 12.5 Å². The van der Waals surface area contributed by atoms with Gasteiger partial charge in [0.05, 0.1) is 4.47 Å². The maximum atomic E-state index is 11.8. The zero-order valence-electron chi connectivity index (χ0n) is 12.8. The van der Waals surface area contributed by atoms with Crippen molar-refractivity contribution < 1.29 is 19.1 Å². The fourth-order valence-corrected chi connectivity index (χ4v) is 2.91. The quantitative estimate of drug-likeness (QED) is 0.511. The molecule has 0 heterocycles. The topological polar surface area (TPSA) is 64.6 Å². The van der Waals surface area contributed by atoms with E-state index >= 15 is 0 Å². The molecule has 1 amide bonds. The van der Waals surface area contributed by atoms with Crippen LogP contribution in [-0.4, -0.2) is 18.5 Å². The molecule has 0 aliphatic heterocycles. The Labute approximate surface area is 156 Å². The summed E-state index contributed by atoms with van der Waals surface area (Å²) < 4.78 is 12.2. The van der Waals surface area contributed by atoms with Crippen LogP contribution < -0.4 is 14.8 Å². The summed E-state index contributed by atoms with van der Waals surface area (Å²) >= 11 is 6.70. The van der Waals surface area contributed by atoms with Crippen molar-refractivity contribution >= 4 is 49.4 Å². The maximum Gasteiger partial charge on any atom is 0.349 e. The molecule has 0 bridgehead atoms. The predicted octanol–water partition coefficient (Wildman–Crippen LogP) is 4.54. The molecule has 0 aromatic heterocycles. The molecule has 2 aromatic carbocycles. The van der Waals surface area contributed by atoms with E-state index in [0.29, 0.717) is 23.6 Å². The minimum absolute atomic E-state index is 0.0757. The first-order valence-corrected chi connectivity index (χ1v) is 8.75. The van der Waals surface area contributed by atoms with Crippen molar-refractivity contribution in [2.24, 2.45) is 0 Å². The van der Waals surface area contributed by atoms with Crippen LogP contribution >= 0.6 is 31.9 Å². The Kier molecular flexibility index (Phi) is 6.81. The number of halogens is 2. The minimum atomic E-state index is -0.518. The molecule has 0 spiro atoms. The lowest BCUT2D eigenvalue weighted by molar-refractivity contribution is -0.136. The summed E-state index contributed by atoms with van der Waals surface area (Å²) in [4.78, 5) is 23.1. The normalized spacial score (nSPS) is 10.1. The molecule has 0 aliphatic carbocycles. The zero-order chi connectivity index (χ0) is 17.5. The lowest BCUT2D eigenvalue weighted by atomic mass is 10.3. The van der Waals surface area contributed by atoms with Crippen LogP contribution in [0.3, 0.4) is 0 Å². The molecule has 2 rings (SSSR count). The van der Waals surface area contributed by atoms with Gasteiger partial charge in [0.1, 0.15) is 11.5 Å². The summed E-state index contributed by atoms with van der Waals surface area (Å²) in [7, 11) is 0. The Morgan fingerprint density at radius 1 is 1.08 bits per heavy atom. The van der Waals surface area contributed by atoms with Gasteiger partial charge in [-0.1, -0.05) is 22.9 Å². The second-order valence-electron chi connectivity index (χ2n) is 4.76. The first-order chi connectivity index (χ1) is 11.5. The number of amides is 1. The Balaban J connectivity index is 1.86. The van der Waals surface area contributed by atoms with E-state index in [1.54, 1.807) is 37.3 Å². The van der Waals surface area contributed by atoms with Gasteiger partial charge < -0.3 is 14.8 Å². The molecule has 0 atom stereocenters. The summed E-state index contributed by atoms with van der Waals surface area (Å²) in [5.41, 5.74) is 0.650. The third-order valence-electron chi connectivity index (χ3n) is 2.93. The monoisotopic (exact) mass is 455 g/mol. The van der Waals surface area contributed by atoms with Crippen molar-refractivity contribution in [1.82, 2.24) is 0 Å². The number of esters is 1. The van der Waals surface area contributed by atoms with Gasteiger partial charge >= 0.3 is 5.97 Å².